The summed E-state index contributed by atoms with van der Waals surface area (Å²) in [5.74, 6) is -6.02. The molecule has 0 fully saturated rings. The molecule has 1 aromatic carbocycles. The number of methoxy groups -OCH3 is 1. The van der Waals surface area contributed by atoms with Crippen LogP contribution in [0.2, 0.25) is 0 Å². The van der Waals surface area contributed by atoms with Crippen molar-refractivity contribution in [2.75, 3.05) is 13.7 Å². The van der Waals surface area contributed by atoms with Crippen molar-refractivity contribution < 1.29 is 27.4 Å². The van der Waals surface area contributed by atoms with Crippen LogP contribution in [0.3, 0.4) is 0 Å². The molecule has 0 aromatic heterocycles. The van der Waals surface area contributed by atoms with Crippen LogP contribution in [0.1, 0.15) is 62.2 Å². The highest BCUT2D eigenvalue weighted by Crippen LogP contribution is 2.27. The minimum absolute atomic E-state index is 0.118. The molecular formula is C17H23F3O3. The fraction of sp³-hybridized carbons (Fsp3) is 0.588. The third kappa shape index (κ3) is 5.77. The van der Waals surface area contributed by atoms with Crippen LogP contribution in [-0.2, 0) is 4.74 Å². The molecule has 0 bridgehead atoms. The number of ether oxygens (including phenoxy) is 2. The molecule has 0 aliphatic heterocycles. The van der Waals surface area contributed by atoms with Crippen LogP contribution >= 0.6 is 0 Å². The fourth-order valence-electron chi connectivity index (χ4n) is 2.21. The summed E-state index contributed by atoms with van der Waals surface area (Å²) in [5, 5.41) is 0. The van der Waals surface area contributed by atoms with Crippen molar-refractivity contribution in [1.82, 2.24) is 0 Å². The van der Waals surface area contributed by atoms with E-state index >= 15 is 0 Å². The Morgan fingerprint density at radius 1 is 1.00 bits per heavy atom. The van der Waals surface area contributed by atoms with Gasteiger partial charge in [-0.15, -0.1) is 0 Å². The van der Waals surface area contributed by atoms with Gasteiger partial charge in [0.1, 0.15) is 5.56 Å². The molecule has 130 valence electrons. The van der Waals surface area contributed by atoms with Gasteiger partial charge in [0.2, 0.25) is 5.82 Å². The first-order valence-electron chi connectivity index (χ1n) is 7.91. The second kappa shape index (κ2) is 10.1. The maximum absolute atomic E-state index is 13.9. The van der Waals surface area contributed by atoms with Gasteiger partial charge < -0.3 is 9.47 Å². The maximum Gasteiger partial charge on any atom is 0.341 e. The summed E-state index contributed by atoms with van der Waals surface area (Å²) < 4.78 is 49.8. The zero-order valence-electron chi connectivity index (χ0n) is 13.6. The number of rotatable bonds is 10. The molecular weight excluding hydrogens is 309 g/mol. The van der Waals surface area contributed by atoms with Crippen LogP contribution in [0.25, 0.3) is 0 Å². The van der Waals surface area contributed by atoms with Crippen molar-refractivity contribution in [1.29, 1.82) is 0 Å². The van der Waals surface area contributed by atoms with E-state index in [1.54, 1.807) is 0 Å². The van der Waals surface area contributed by atoms with Gasteiger partial charge >= 0.3 is 5.97 Å². The second-order valence-corrected chi connectivity index (χ2v) is 5.32. The summed E-state index contributed by atoms with van der Waals surface area (Å²) in [6.45, 7) is 2.26. The van der Waals surface area contributed by atoms with Gasteiger partial charge in [0.25, 0.3) is 0 Å². The summed E-state index contributed by atoms with van der Waals surface area (Å²) in [6, 6.07) is 0.486. The number of hydrogen-bond acceptors (Lipinski definition) is 3. The Balaban J connectivity index is 2.45. The van der Waals surface area contributed by atoms with Gasteiger partial charge in [-0.2, -0.15) is 4.39 Å². The van der Waals surface area contributed by atoms with Gasteiger partial charge in [0, 0.05) is 0 Å². The van der Waals surface area contributed by atoms with Gasteiger partial charge in [-0.1, -0.05) is 45.4 Å². The minimum atomic E-state index is -1.46. The Kier molecular flexibility index (Phi) is 8.51. The van der Waals surface area contributed by atoms with E-state index in [0.29, 0.717) is 12.5 Å². The van der Waals surface area contributed by atoms with Gasteiger partial charge in [0.05, 0.1) is 13.7 Å². The van der Waals surface area contributed by atoms with E-state index in [1.165, 1.54) is 19.3 Å². The zero-order chi connectivity index (χ0) is 17.2. The normalized spacial score (nSPS) is 10.7. The molecule has 0 unspecified atom stereocenters. The summed E-state index contributed by atoms with van der Waals surface area (Å²) in [6.07, 6.45) is 7.33. The average Bonchev–Trinajstić information content (AvgIpc) is 2.53. The number of hydrogen-bond donors (Lipinski definition) is 0. The van der Waals surface area contributed by atoms with Crippen molar-refractivity contribution in [2.45, 2.75) is 51.9 Å². The summed E-state index contributed by atoms with van der Waals surface area (Å²) in [5.41, 5.74) is -0.663. The van der Waals surface area contributed by atoms with E-state index in [2.05, 4.69) is 11.7 Å². The summed E-state index contributed by atoms with van der Waals surface area (Å²) >= 11 is 0. The molecule has 1 aromatic rings. The second-order valence-electron chi connectivity index (χ2n) is 5.32. The molecule has 0 amide bonds. The molecule has 6 heteroatoms. The van der Waals surface area contributed by atoms with Crippen LogP contribution in [-0.4, -0.2) is 19.7 Å². The first-order chi connectivity index (χ1) is 11.0. The van der Waals surface area contributed by atoms with Crippen LogP contribution < -0.4 is 4.74 Å². The predicted molar refractivity (Wildman–Crippen MR) is 81.1 cm³/mol. The molecule has 0 radical (unpaired) electrons. The number of esters is 1. The topological polar surface area (TPSA) is 35.5 Å². The number of halogens is 3. The van der Waals surface area contributed by atoms with Crippen molar-refractivity contribution >= 4 is 5.97 Å². The zero-order valence-corrected chi connectivity index (χ0v) is 13.6. The smallest absolute Gasteiger partial charge is 0.341 e. The molecule has 0 atom stereocenters. The molecule has 0 saturated carbocycles. The summed E-state index contributed by atoms with van der Waals surface area (Å²) in [4.78, 5) is 11.8. The van der Waals surface area contributed by atoms with E-state index in [0.717, 1.165) is 26.4 Å². The Labute approximate surface area is 134 Å². The number of benzene rings is 1. The maximum atomic E-state index is 13.9. The molecule has 0 saturated heterocycles. The molecule has 0 aliphatic rings. The lowest BCUT2D eigenvalue weighted by Gasteiger charge is -2.09. The SMILES string of the molecule is CCCCCCCCCOC(=O)c1cc(F)c(F)c(OC)c1F. The molecule has 1 rings (SSSR count). The van der Waals surface area contributed by atoms with E-state index in [4.69, 9.17) is 4.74 Å². The van der Waals surface area contributed by atoms with E-state index in [9.17, 15) is 18.0 Å². The van der Waals surface area contributed by atoms with Gasteiger partial charge in [-0.25, -0.2) is 13.6 Å². The highest BCUT2D eigenvalue weighted by Gasteiger charge is 2.24. The quantitative estimate of drug-likeness (QED) is 0.343. The summed E-state index contributed by atoms with van der Waals surface area (Å²) in [7, 11) is 0.995. The Morgan fingerprint density at radius 2 is 1.61 bits per heavy atom. The van der Waals surface area contributed by atoms with E-state index in [1.807, 2.05) is 0 Å². The van der Waals surface area contributed by atoms with Crippen molar-refractivity contribution in [3.05, 3.63) is 29.1 Å². The molecule has 0 N–H and O–H groups in total. The number of carbonyl (C=O) groups excluding carboxylic acids is 1. The predicted octanol–water partition coefficient (Wildman–Crippen LogP) is 5.02. The highest BCUT2D eigenvalue weighted by atomic mass is 19.2. The highest BCUT2D eigenvalue weighted by molar-refractivity contribution is 5.90. The lowest BCUT2D eigenvalue weighted by Crippen LogP contribution is -2.11. The molecule has 23 heavy (non-hydrogen) atoms. The van der Waals surface area contributed by atoms with Crippen molar-refractivity contribution in [3.63, 3.8) is 0 Å². The van der Waals surface area contributed by atoms with Crippen LogP contribution in [0, 0.1) is 17.5 Å². The Morgan fingerprint density at radius 3 is 2.22 bits per heavy atom. The third-order valence-electron chi connectivity index (χ3n) is 3.52. The molecule has 0 spiro atoms. The number of carbonyl (C=O) groups is 1. The molecule has 3 nitrogen and oxygen atoms in total. The van der Waals surface area contributed by atoms with E-state index in [-0.39, 0.29) is 6.61 Å². The fourth-order valence-corrected chi connectivity index (χ4v) is 2.21. The first-order valence-corrected chi connectivity index (χ1v) is 7.91. The van der Waals surface area contributed by atoms with Crippen LogP contribution in [0.15, 0.2) is 6.07 Å². The van der Waals surface area contributed by atoms with Gasteiger partial charge in [-0.05, 0) is 12.5 Å². The lowest BCUT2D eigenvalue weighted by atomic mass is 10.1. The lowest BCUT2D eigenvalue weighted by molar-refractivity contribution is 0.0490. The van der Waals surface area contributed by atoms with Crippen LogP contribution in [0.4, 0.5) is 13.2 Å². The van der Waals surface area contributed by atoms with Crippen LogP contribution in [0.5, 0.6) is 5.75 Å². The Bertz CT molecular complexity index is 518. The monoisotopic (exact) mass is 332 g/mol. The third-order valence-corrected chi connectivity index (χ3v) is 3.52. The van der Waals surface area contributed by atoms with E-state index < -0.39 is 34.7 Å². The average molecular weight is 332 g/mol. The largest absolute Gasteiger partial charge is 0.491 e. The number of unbranched alkanes of at least 4 members (excludes halogenated alkanes) is 6. The minimum Gasteiger partial charge on any atom is -0.491 e. The Hall–Kier alpha value is -1.72. The molecule has 0 aliphatic carbocycles. The first kappa shape index (κ1) is 19.3. The van der Waals surface area contributed by atoms with Gasteiger partial charge in [-0.3, -0.25) is 0 Å². The van der Waals surface area contributed by atoms with Crippen molar-refractivity contribution in [2.24, 2.45) is 0 Å². The standard InChI is InChI=1S/C17H23F3O3/c1-3-4-5-6-7-8-9-10-23-17(21)12-11-13(18)15(20)16(22-2)14(12)19/h11H,3-10H2,1-2H3. The molecule has 0 heterocycles. The van der Waals surface area contributed by atoms with Crippen molar-refractivity contribution in [3.8, 4) is 5.75 Å². The van der Waals surface area contributed by atoms with Gasteiger partial charge in [0.15, 0.2) is 17.4 Å².